The number of allylic oxidation sites excluding steroid dienone is 4. The molecule has 1 aliphatic rings. The predicted molar refractivity (Wildman–Crippen MR) is 203 cm³/mol. The van der Waals surface area contributed by atoms with Crippen LogP contribution in [0, 0.1) is 63.7 Å². The molecule has 0 aliphatic heterocycles. The largest absolute Gasteiger partial charge is 3.00 e. The third-order valence-corrected chi connectivity index (χ3v) is 14.3. The van der Waals surface area contributed by atoms with E-state index in [4.69, 9.17) is 4.74 Å². The van der Waals surface area contributed by atoms with Crippen molar-refractivity contribution in [3.63, 3.8) is 0 Å². The average molecular weight is 799 g/mol. The maximum Gasteiger partial charge on any atom is 3.00 e. The molecule has 0 unspecified atom stereocenters. The van der Waals surface area contributed by atoms with Gasteiger partial charge < -0.3 is 14.5 Å². The smallest absolute Gasteiger partial charge is 0.497 e. The third kappa shape index (κ3) is 10.4. The van der Waals surface area contributed by atoms with Crippen molar-refractivity contribution < 1.29 is 41.6 Å². The van der Waals surface area contributed by atoms with Crippen molar-refractivity contribution in [2.45, 2.75) is 79.3 Å². The van der Waals surface area contributed by atoms with Crippen LogP contribution in [-0.2, 0) is 5.41 Å². The summed E-state index contributed by atoms with van der Waals surface area (Å²) in [5.41, 5.74) is 10.1. The molecular weight excluding hydrogens is 740 g/mol. The van der Waals surface area contributed by atoms with Crippen LogP contribution in [0.5, 0.6) is 5.75 Å². The first-order chi connectivity index (χ1) is 21.0. The molecule has 0 fully saturated rings. The monoisotopic (exact) mass is 798 g/mol. The second-order valence-corrected chi connectivity index (χ2v) is 18.4. The molecule has 0 heterocycles. The Labute approximate surface area is 313 Å². The van der Waals surface area contributed by atoms with Crippen molar-refractivity contribution in [3.05, 3.63) is 119 Å². The van der Waals surface area contributed by atoms with Gasteiger partial charge in [0.2, 0.25) is 0 Å². The fourth-order valence-electron chi connectivity index (χ4n) is 6.39. The van der Waals surface area contributed by atoms with Crippen molar-refractivity contribution >= 4 is 24.6 Å². The van der Waals surface area contributed by atoms with Gasteiger partial charge in [-0.3, -0.25) is 0 Å². The van der Waals surface area contributed by atoms with E-state index in [1.165, 1.54) is 50.9 Å². The van der Waals surface area contributed by atoms with Crippen LogP contribution in [0.15, 0.2) is 77.0 Å². The number of methoxy groups -OCH3 is 1. The number of aryl methyl sites for hydroxylation is 1. The van der Waals surface area contributed by atoms with Crippen LogP contribution < -0.4 is 19.7 Å². The van der Waals surface area contributed by atoms with Gasteiger partial charge in [-0.05, 0) is 51.3 Å². The number of ether oxygens (including phenoxy) is 1. The summed E-state index contributed by atoms with van der Waals surface area (Å²) in [5.74, 6) is 1.14. The average Bonchev–Trinajstić information content (AvgIpc) is 3.32. The Kier molecular flexibility index (Phi) is 16.6. The molecule has 5 heteroatoms. The van der Waals surface area contributed by atoms with Crippen molar-refractivity contribution in [3.8, 4) is 5.75 Å². The first-order valence-electron chi connectivity index (χ1n) is 16.2. The SMILES string of the molecule is CC[Si](CC)(C1=C(C)[C-]=C(C)C1)c1cc(C)cc(C(C)(C)C)c1OC.[CH2-]c1ccccc1N(C)C.[CH2-]c1ccccc1N(C)C.[Lu+3]. The summed E-state index contributed by atoms with van der Waals surface area (Å²) in [6.07, 6.45) is 4.70. The molecule has 3 aromatic carbocycles. The number of hydrogen-bond acceptors (Lipinski definition) is 3. The summed E-state index contributed by atoms with van der Waals surface area (Å²) in [5, 5.41) is 3.16. The molecule has 0 N–H and O–H groups in total. The molecule has 0 saturated carbocycles. The molecule has 3 nitrogen and oxygen atoms in total. The van der Waals surface area contributed by atoms with Gasteiger partial charge in [-0.1, -0.05) is 120 Å². The summed E-state index contributed by atoms with van der Waals surface area (Å²) in [6.45, 7) is 26.1. The molecular formula is C41H59LuN2OSi. The maximum atomic E-state index is 6.07. The number of para-hydroxylation sites is 2. The first-order valence-corrected chi connectivity index (χ1v) is 18.6. The minimum atomic E-state index is -1.83. The summed E-state index contributed by atoms with van der Waals surface area (Å²) in [4.78, 5) is 4.12. The zero-order chi connectivity index (χ0) is 34.1. The van der Waals surface area contributed by atoms with Crippen LogP contribution in [0.3, 0.4) is 0 Å². The first kappa shape index (κ1) is 41.8. The van der Waals surface area contributed by atoms with Crippen LogP contribution in [-0.4, -0.2) is 43.4 Å². The summed E-state index contributed by atoms with van der Waals surface area (Å²) < 4.78 is 6.07. The molecule has 4 rings (SSSR count). The van der Waals surface area contributed by atoms with Gasteiger partial charge in [-0.25, -0.2) is 16.8 Å². The Bertz CT molecular complexity index is 1430. The number of hydrogen-bond donors (Lipinski definition) is 0. The van der Waals surface area contributed by atoms with E-state index in [0.29, 0.717) is 0 Å². The molecule has 0 radical (unpaired) electrons. The van der Waals surface area contributed by atoms with Crippen LogP contribution in [0.2, 0.25) is 12.1 Å². The number of rotatable bonds is 7. The third-order valence-electron chi connectivity index (χ3n) is 8.79. The minimum absolute atomic E-state index is 0. The molecule has 0 amide bonds. The van der Waals surface area contributed by atoms with E-state index in [9.17, 15) is 0 Å². The zero-order valence-electron chi connectivity index (χ0n) is 30.9. The Balaban J connectivity index is 0.000000413. The molecule has 258 valence electrons. The normalized spacial score (nSPS) is 12.6. The van der Waals surface area contributed by atoms with Gasteiger partial charge in [0.15, 0.2) is 0 Å². The molecule has 0 bridgehead atoms. The van der Waals surface area contributed by atoms with Crippen LogP contribution >= 0.6 is 0 Å². The Hall–Kier alpha value is -2.27. The van der Waals surface area contributed by atoms with Crippen LogP contribution in [0.1, 0.15) is 77.1 Å². The molecule has 0 saturated heterocycles. The van der Waals surface area contributed by atoms with E-state index >= 15 is 0 Å². The predicted octanol–water partition coefficient (Wildman–Crippen LogP) is 9.88. The van der Waals surface area contributed by atoms with Gasteiger partial charge in [-0.2, -0.15) is 42.7 Å². The fourth-order valence-corrected chi connectivity index (χ4v) is 11.4. The van der Waals surface area contributed by atoms with Gasteiger partial charge in [0, 0.05) is 8.07 Å². The topological polar surface area (TPSA) is 15.7 Å². The van der Waals surface area contributed by atoms with E-state index in [0.717, 1.165) is 23.3 Å². The molecule has 0 atom stereocenters. The quantitative estimate of drug-likeness (QED) is 0.175. The minimum Gasteiger partial charge on any atom is -0.497 e. The van der Waals surface area contributed by atoms with Crippen LogP contribution in [0.25, 0.3) is 0 Å². The Morgan fingerprint density at radius 1 is 0.804 bits per heavy atom. The molecule has 0 aromatic heterocycles. The van der Waals surface area contributed by atoms with Crippen LogP contribution in [0.4, 0.5) is 11.4 Å². The second kappa shape index (κ2) is 18.3. The summed E-state index contributed by atoms with van der Waals surface area (Å²) in [7, 11) is 8.09. The van der Waals surface area contributed by atoms with Crippen molar-refractivity contribution in [1.29, 1.82) is 0 Å². The second-order valence-electron chi connectivity index (χ2n) is 13.7. The van der Waals surface area contributed by atoms with Gasteiger partial charge in [0.05, 0.1) is 7.11 Å². The van der Waals surface area contributed by atoms with Crippen molar-refractivity contribution in [2.24, 2.45) is 0 Å². The van der Waals surface area contributed by atoms with Gasteiger partial charge in [0.25, 0.3) is 0 Å². The maximum absolute atomic E-state index is 6.07. The summed E-state index contributed by atoms with van der Waals surface area (Å²) >= 11 is 0. The zero-order valence-corrected chi connectivity index (χ0v) is 33.5. The molecule has 0 spiro atoms. The van der Waals surface area contributed by atoms with Gasteiger partial charge >= 0.3 is 36.9 Å². The fraction of sp³-hybridized carbons (Fsp3) is 0.415. The Morgan fingerprint density at radius 2 is 1.26 bits per heavy atom. The summed E-state index contributed by atoms with van der Waals surface area (Å²) in [6, 6.07) is 23.3. The van der Waals surface area contributed by atoms with E-state index < -0.39 is 8.07 Å². The van der Waals surface area contributed by atoms with Crippen molar-refractivity contribution in [2.75, 3.05) is 45.1 Å². The molecule has 46 heavy (non-hydrogen) atoms. The number of anilines is 2. The molecule has 1 aliphatic carbocycles. The van der Waals surface area contributed by atoms with Gasteiger partial charge in [-0.15, -0.1) is 12.1 Å². The van der Waals surface area contributed by atoms with E-state index in [-0.39, 0.29) is 42.3 Å². The van der Waals surface area contributed by atoms with Gasteiger partial charge in [0.1, 0.15) is 5.75 Å². The van der Waals surface area contributed by atoms with E-state index in [2.05, 4.69) is 109 Å². The number of benzene rings is 3. The van der Waals surface area contributed by atoms with Crippen molar-refractivity contribution in [1.82, 2.24) is 0 Å². The number of nitrogens with zero attached hydrogens (tertiary/aromatic N) is 2. The Morgan fingerprint density at radius 3 is 1.57 bits per heavy atom. The molecule has 3 aromatic rings. The standard InChI is InChI=1S/C23H35OSi.2C9H12N.Lu/c1-10-25(11-2,20-14-16(3)12-18(20)5)21-15-17(4)13-19(22(21)24-9)23(6,7)8;2*1-8-6-4-5-7-9(8)10(2)3;/h13,15H,10-11,14H2,1-9H3;2*4-7H,1H2,2-3H3;/q3*-1;+3. The van der Waals surface area contributed by atoms with E-state index in [1.807, 2.05) is 71.7 Å². The van der Waals surface area contributed by atoms with E-state index in [1.54, 1.807) is 5.20 Å².